The number of piperazine rings is 1. The van der Waals surface area contributed by atoms with Crippen LogP contribution in [-0.4, -0.2) is 72.5 Å². The molecule has 1 atom stereocenters. The van der Waals surface area contributed by atoms with Crippen LogP contribution in [0.1, 0.15) is 37.4 Å². The number of benzene rings is 1. The molecule has 0 aliphatic carbocycles. The van der Waals surface area contributed by atoms with Gasteiger partial charge in [-0.25, -0.2) is 8.42 Å². The highest BCUT2D eigenvalue weighted by molar-refractivity contribution is 7.89. The highest BCUT2D eigenvalue weighted by Gasteiger charge is 2.42. The molecule has 1 aromatic carbocycles. The maximum absolute atomic E-state index is 13.0. The zero-order chi connectivity index (χ0) is 22.5. The van der Waals surface area contributed by atoms with Gasteiger partial charge < -0.3 is 4.90 Å². The largest absolute Gasteiger partial charge is 0.338 e. The van der Waals surface area contributed by atoms with E-state index in [2.05, 4.69) is 0 Å². The minimum atomic E-state index is -3.62. The van der Waals surface area contributed by atoms with Crippen LogP contribution in [0.4, 0.5) is 0 Å². The average Bonchev–Trinajstić information content (AvgIpc) is 3.23. The molecule has 2 aliphatic heterocycles. The summed E-state index contributed by atoms with van der Waals surface area (Å²) >= 11 is 1.44. The third-order valence-corrected chi connectivity index (χ3v) is 8.85. The fraction of sp³-hybridized carbons (Fsp3) is 0.381. The number of rotatable bonds is 4. The number of amides is 3. The molecule has 1 unspecified atom stereocenters. The molecule has 0 bridgehead atoms. The molecule has 0 radical (unpaired) electrons. The Labute approximate surface area is 185 Å². The van der Waals surface area contributed by atoms with Crippen molar-refractivity contribution >= 4 is 39.1 Å². The van der Waals surface area contributed by atoms with Gasteiger partial charge in [-0.3, -0.25) is 19.3 Å². The van der Waals surface area contributed by atoms with E-state index in [-0.39, 0.29) is 32.1 Å². The van der Waals surface area contributed by atoms with E-state index in [0.29, 0.717) is 16.0 Å². The molecule has 1 aromatic heterocycles. The van der Waals surface area contributed by atoms with E-state index in [1.807, 2.05) is 6.92 Å². The number of hydrogen-bond donors (Lipinski definition) is 0. The molecule has 1 saturated heterocycles. The lowest BCUT2D eigenvalue weighted by Gasteiger charge is -2.36. The molecule has 0 saturated carbocycles. The zero-order valence-electron chi connectivity index (χ0n) is 17.5. The second-order valence-electron chi connectivity index (χ2n) is 7.71. The maximum atomic E-state index is 13.0. The Morgan fingerprint density at radius 2 is 1.55 bits per heavy atom. The van der Waals surface area contributed by atoms with Gasteiger partial charge in [-0.2, -0.15) is 4.31 Å². The second-order valence-corrected chi connectivity index (χ2v) is 11.1. The summed E-state index contributed by atoms with van der Waals surface area (Å²) in [6.07, 6.45) is 0. The summed E-state index contributed by atoms with van der Waals surface area (Å²) in [7, 11) is -3.62. The van der Waals surface area contributed by atoms with Crippen LogP contribution in [0.3, 0.4) is 0 Å². The number of hydrogen-bond acceptors (Lipinski definition) is 6. The van der Waals surface area contributed by atoms with Gasteiger partial charge in [-0.1, -0.05) is 12.1 Å². The van der Waals surface area contributed by atoms with Crippen molar-refractivity contribution in [1.29, 1.82) is 0 Å². The number of thiophene rings is 1. The molecule has 8 nitrogen and oxygen atoms in total. The first-order valence-corrected chi connectivity index (χ1v) is 12.2. The first-order chi connectivity index (χ1) is 14.6. The van der Waals surface area contributed by atoms with Crippen molar-refractivity contribution in [3.05, 3.63) is 51.2 Å². The smallest absolute Gasteiger partial charge is 0.262 e. The summed E-state index contributed by atoms with van der Waals surface area (Å²) in [5.74, 6) is -1.33. The Bertz CT molecular complexity index is 1140. The lowest BCUT2D eigenvalue weighted by atomic mass is 10.1. The van der Waals surface area contributed by atoms with Crippen molar-refractivity contribution in [2.75, 3.05) is 26.2 Å². The third kappa shape index (κ3) is 3.58. The summed E-state index contributed by atoms with van der Waals surface area (Å²) in [6, 6.07) is 7.22. The van der Waals surface area contributed by atoms with E-state index in [4.69, 9.17) is 0 Å². The topological polar surface area (TPSA) is 95.1 Å². The quantitative estimate of drug-likeness (QED) is 0.648. The fourth-order valence-electron chi connectivity index (χ4n) is 4.09. The van der Waals surface area contributed by atoms with Crippen molar-refractivity contribution in [3.8, 4) is 0 Å². The normalized spacial score (nSPS) is 18.4. The number of imide groups is 1. The molecule has 0 N–H and O–H groups in total. The standard InChI is InChI=1S/C21H23N3O5S2/c1-13-12-18(15(3)30-13)31(28,29)23-10-8-22(9-11-23)19(25)14(2)24-20(26)16-6-4-5-7-17(16)21(24)27/h4-7,12,14H,8-11H2,1-3H3. The Morgan fingerprint density at radius 1 is 1.00 bits per heavy atom. The predicted molar refractivity (Wildman–Crippen MR) is 116 cm³/mol. The van der Waals surface area contributed by atoms with Crippen LogP contribution >= 0.6 is 11.3 Å². The lowest BCUT2D eigenvalue weighted by molar-refractivity contribution is -0.136. The Morgan fingerprint density at radius 3 is 2.03 bits per heavy atom. The SMILES string of the molecule is Cc1cc(S(=O)(=O)N2CCN(C(=O)C(C)N3C(=O)c4ccccc4C3=O)CC2)c(C)s1. The molecule has 2 aliphatic rings. The number of nitrogens with zero attached hydrogens (tertiary/aromatic N) is 3. The van der Waals surface area contributed by atoms with E-state index in [1.165, 1.54) is 27.5 Å². The highest BCUT2D eigenvalue weighted by Crippen LogP contribution is 2.29. The Hall–Kier alpha value is -2.56. The second kappa shape index (κ2) is 7.85. The molecule has 3 amide bonds. The summed E-state index contributed by atoms with van der Waals surface area (Å²) in [4.78, 5) is 42.8. The monoisotopic (exact) mass is 461 g/mol. The fourth-order valence-corrected chi connectivity index (χ4v) is 7.03. The molecule has 3 heterocycles. The van der Waals surface area contributed by atoms with Gasteiger partial charge in [0.15, 0.2) is 0 Å². The molecule has 0 spiro atoms. The maximum Gasteiger partial charge on any atom is 0.262 e. The van der Waals surface area contributed by atoms with Gasteiger partial charge in [0.2, 0.25) is 15.9 Å². The number of sulfonamides is 1. The number of fused-ring (bicyclic) bond motifs is 1. The van der Waals surface area contributed by atoms with E-state index in [9.17, 15) is 22.8 Å². The van der Waals surface area contributed by atoms with E-state index >= 15 is 0 Å². The summed E-state index contributed by atoms with van der Waals surface area (Å²) in [5.41, 5.74) is 0.592. The van der Waals surface area contributed by atoms with Gasteiger partial charge in [-0.05, 0) is 39.0 Å². The summed E-state index contributed by atoms with van der Waals surface area (Å²) in [6.45, 7) is 5.92. The van der Waals surface area contributed by atoms with Crippen LogP contribution in [0, 0.1) is 13.8 Å². The van der Waals surface area contributed by atoms with E-state index < -0.39 is 27.9 Å². The first kappa shape index (κ1) is 21.7. The van der Waals surface area contributed by atoms with Crippen LogP contribution in [0.5, 0.6) is 0 Å². The Kier molecular flexibility index (Phi) is 5.48. The van der Waals surface area contributed by atoms with Crippen molar-refractivity contribution < 1.29 is 22.8 Å². The van der Waals surface area contributed by atoms with Crippen LogP contribution < -0.4 is 0 Å². The number of aryl methyl sites for hydroxylation is 2. The summed E-state index contributed by atoms with van der Waals surface area (Å²) < 4.78 is 27.4. The molecular formula is C21H23N3O5S2. The van der Waals surface area contributed by atoms with E-state index in [0.717, 1.165) is 14.7 Å². The molecule has 164 valence electrons. The van der Waals surface area contributed by atoms with Gasteiger partial charge in [-0.15, -0.1) is 11.3 Å². The number of carbonyl (C=O) groups excluding carboxylic acids is 3. The van der Waals surface area contributed by atoms with Crippen LogP contribution in [-0.2, 0) is 14.8 Å². The third-order valence-electron chi connectivity index (χ3n) is 5.73. The van der Waals surface area contributed by atoms with Crippen molar-refractivity contribution in [3.63, 3.8) is 0 Å². The van der Waals surface area contributed by atoms with Crippen LogP contribution in [0.15, 0.2) is 35.2 Å². The first-order valence-electron chi connectivity index (χ1n) is 9.96. The van der Waals surface area contributed by atoms with E-state index in [1.54, 1.807) is 37.3 Å². The van der Waals surface area contributed by atoms with Crippen molar-refractivity contribution in [1.82, 2.24) is 14.1 Å². The minimum Gasteiger partial charge on any atom is -0.338 e. The van der Waals surface area contributed by atoms with Gasteiger partial charge in [0.1, 0.15) is 6.04 Å². The van der Waals surface area contributed by atoms with Gasteiger partial charge in [0, 0.05) is 35.9 Å². The van der Waals surface area contributed by atoms with Crippen LogP contribution in [0.2, 0.25) is 0 Å². The van der Waals surface area contributed by atoms with Crippen molar-refractivity contribution in [2.45, 2.75) is 31.7 Å². The van der Waals surface area contributed by atoms with Crippen LogP contribution in [0.25, 0.3) is 0 Å². The molecule has 1 fully saturated rings. The minimum absolute atomic E-state index is 0.164. The highest BCUT2D eigenvalue weighted by atomic mass is 32.2. The average molecular weight is 462 g/mol. The van der Waals surface area contributed by atoms with Gasteiger partial charge in [0.05, 0.1) is 16.0 Å². The molecule has 2 aromatic rings. The Balaban J connectivity index is 1.45. The van der Waals surface area contributed by atoms with Crippen molar-refractivity contribution in [2.24, 2.45) is 0 Å². The lowest BCUT2D eigenvalue weighted by Crippen LogP contribution is -2.55. The zero-order valence-corrected chi connectivity index (χ0v) is 19.1. The van der Waals surface area contributed by atoms with Gasteiger partial charge in [0.25, 0.3) is 11.8 Å². The van der Waals surface area contributed by atoms with Gasteiger partial charge >= 0.3 is 0 Å². The molecule has 4 rings (SSSR count). The number of carbonyl (C=O) groups is 3. The predicted octanol–water partition coefficient (Wildman–Crippen LogP) is 1.88. The molecule has 31 heavy (non-hydrogen) atoms. The summed E-state index contributed by atoms with van der Waals surface area (Å²) in [5, 5.41) is 0. The molecule has 10 heteroatoms. The molecular weight excluding hydrogens is 438 g/mol.